The molecule has 1 aromatic heterocycles. The zero-order chi connectivity index (χ0) is 24.1. The molecule has 0 radical (unpaired) electrons. The van der Waals surface area contributed by atoms with E-state index in [1.54, 1.807) is 48.5 Å². The minimum absolute atomic E-state index is 0.0267. The van der Waals surface area contributed by atoms with Crippen LogP contribution in [0.15, 0.2) is 59.0 Å². The fraction of sp³-hybridized carbons (Fsp3) is 0.391. The first-order chi connectivity index (χ1) is 16.4. The van der Waals surface area contributed by atoms with E-state index in [1.807, 2.05) is 6.07 Å². The maximum absolute atomic E-state index is 13.3. The number of aromatic nitrogens is 2. The Bertz CT molecular complexity index is 1170. The van der Waals surface area contributed by atoms with Crippen molar-refractivity contribution in [1.82, 2.24) is 15.1 Å². The molecule has 1 N–H and O–H groups in total. The molecule has 3 aromatic rings. The van der Waals surface area contributed by atoms with Gasteiger partial charge in [0, 0.05) is 25.3 Å². The molecular weight excluding hydrogens is 466 g/mol. The number of benzene rings is 2. The number of aliphatic hydroxyl groups excluding tert-OH is 1. The molecule has 1 aliphatic heterocycles. The van der Waals surface area contributed by atoms with E-state index in [-0.39, 0.29) is 30.7 Å². The highest BCUT2D eigenvalue weighted by molar-refractivity contribution is 7.92. The van der Waals surface area contributed by atoms with Crippen molar-refractivity contribution in [2.75, 3.05) is 36.3 Å². The molecule has 11 heteroatoms. The van der Waals surface area contributed by atoms with E-state index in [9.17, 15) is 22.3 Å². The number of sulfonamides is 1. The Morgan fingerprint density at radius 1 is 1.12 bits per heavy atom. The molecule has 0 spiro atoms. The van der Waals surface area contributed by atoms with Crippen molar-refractivity contribution in [2.45, 2.75) is 19.4 Å². The van der Waals surface area contributed by atoms with E-state index in [4.69, 9.17) is 4.42 Å². The third-order valence-corrected chi connectivity index (χ3v) is 7.54. The second kappa shape index (κ2) is 10.6. The van der Waals surface area contributed by atoms with Crippen molar-refractivity contribution >= 4 is 15.7 Å². The van der Waals surface area contributed by atoms with Crippen LogP contribution in [0.4, 0.5) is 14.5 Å². The lowest BCUT2D eigenvalue weighted by molar-refractivity contribution is 0.116. The van der Waals surface area contributed by atoms with Gasteiger partial charge >= 0.3 is 6.43 Å². The van der Waals surface area contributed by atoms with Gasteiger partial charge in [0.25, 0.3) is 5.89 Å². The molecule has 8 nitrogen and oxygen atoms in total. The predicted octanol–water partition coefficient (Wildman–Crippen LogP) is 3.32. The first kappa shape index (κ1) is 24.2. The van der Waals surface area contributed by atoms with E-state index in [2.05, 4.69) is 15.1 Å². The third kappa shape index (κ3) is 5.78. The van der Waals surface area contributed by atoms with Gasteiger partial charge in [-0.2, -0.15) is 8.78 Å². The van der Waals surface area contributed by atoms with Crippen molar-refractivity contribution in [3.63, 3.8) is 0 Å². The van der Waals surface area contributed by atoms with Crippen LogP contribution in [0.1, 0.15) is 24.3 Å². The summed E-state index contributed by atoms with van der Waals surface area (Å²) in [7, 11) is -3.65. The Morgan fingerprint density at radius 2 is 1.85 bits per heavy atom. The molecule has 34 heavy (non-hydrogen) atoms. The highest BCUT2D eigenvalue weighted by Crippen LogP contribution is 2.26. The van der Waals surface area contributed by atoms with Crippen LogP contribution in [0.25, 0.3) is 11.5 Å². The lowest BCUT2D eigenvalue weighted by Crippen LogP contribution is -2.37. The van der Waals surface area contributed by atoms with Gasteiger partial charge in [-0.05, 0) is 48.7 Å². The van der Waals surface area contributed by atoms with Gasteiger partial charge in [0.1, 0.15) is 0 Å². The summed E-state index contributed by atoms with van der Waals surface area (Å²) in [6.07, 6.45) is -1.98. The van der Waals surface area contributed by atoms with Gasteiger partial charge in [-0.3, -0.25) is 4.31 Å². The first-order valence-corrected chi connectivity index (χ1v) is 12.6. The minimum atomic E-state index is -3.65. The maximum Gasteiger partial charge on any atom is 0.314 e. The molecule has 0 bridgehead atoms. The number of nitrogens with zero attached hydrogens (tertiary/aromatic N) is 4. The Hall–Kier alpha value is -2.89. The van der Waals surface area contributed by atoms with Gasteiger partial charge in [-0.15, -0.1) is 10.2 Å². The van der Waals surface area contributed by atoms with Crippen molar-refractivity contribution in [2.24, 2.45) is 5.92 Å². The number of halogens is 2. The molecule has 4 rings (SSSR count). The van der Waals surface area contributed by atoms with Crippen LogP contribution >= 0.6 is 0 Å². The molecular formula is C23H26F2N4O4S. The second-order valence-corrected chi connectivity index (χ2v) is 10.3. The summed E-state index contributed by atoms with van der Waals surface area (Å²) in [5.74, 6) is -0.622. The van der Waals surface area contributed by atoms with Gasteiger partial charge in [0.05, 0.1) is 18.0 Å². The second-order valence-electron chi connectivity index (χ2n) is 8.24. The van der Waals surface area contributed by atoms with E-state index < -0.39 is 22.3 Å². The molecule has 0 amide bonds. The van der Waals surface area contributed by atoms with Gasteiger partial charge < -0.3 is 14.4 Å². The summed E-state index contributed by atoms with van der Waals surface area (Å²) in [5, 5.41) is 16.3. The van der Waals surface area contributed by atoms with Crippen LogP contribution in [-0.2, 0) is 16.6 Å². The smallest absolute Gasteiger partial charge is 0.314 e. The van der Waals surface area contributed by atoms with Crippen LogP contribution in [0.2, 0.25) is 0 Å². The van der Waals surface area contributed by atoms with Crippen LogP contribution in [0.3, 0.4) is 0 Å². The fourth-order valence-corrected chi connectivity index (χ4v) is 5.42. The predicted molar refractivity (Wildman–Crippen MR) is 123 cm³/mol. The van der Waals surface area contributed by atoms with Crippen LogP contribution in [0.5, 0.6) is 0 Å². The van der Waals surface area contributed by atoms with E-state index >= 15 is 0 Å². The summed E-state index contributed by atoms with van der Waals surface area (Å²) < 4.78 is 58.4. The minimum Gasteiger partial charge on any atom is -0.415 e. The van der Waals surface area contributed by atoms with E-state index in [0.29, 0.717) is 29.9 Å². The van der Waals surface area contributed by atoms with Gasteiger partial charge in [0.15, 0.2) is 0 Å². The highest BCUT2D eigenvalue weighted by atomic mass is 32.2. The number of alkyl halides is 2. The number of para-hydroxylation sites is 1. The van der Waals surface area contributed by atoms with Crippen molar-refractivity contribution in [3.05, 3.63) is 66.1 Å². The Balaban J connectivity index is 1.50. The zero-order valence-corrected chi connectivity index (χ0v) is 19.2. The van der Waals surface area contributed by atoms with Crippen molar-refractivity contribution in [1.29, 1.82) is 0 Å². The molecule has 1 saturated heterocycles. The largest absolute Gasteiger partial charge is 0.415 e. The van der Waals surface area contributed by atoms with Crippen LogP contribution in [0, 0.1) is 5.92 Å². The molecule has 0 aliphatic carbocycles. The normalized spacial score (nSPS) is 16.9. The van der Waals surface area contributed by atoms with Crippen molar-refractivity contribution < 1.29 is 26.7 Å². The summed E-state index contributed by atoms with van der Waals surface area (Å²) in [6, 6.07) is 15.5. The number of hydrogen-bond donors (Lipinski definition) is 1. The molecule has 2 heterocycles. The summed E-state index contributed by atoms with van der Waals surface area (Å²) in [6.45, 7) is 2.09. The van der Waals surface area contributed by atoms with Gasteiger partial charge in [-0.25, -0.2) is 8.42 Å². The monoisotopic (exact) mass is 492 g/mol. The Kier molecular flexibility index (Phi) is 7.54. The summed E-state index contributed by atoms with van der Waals surface area (Å²) >= 11 is 0. The average molecular weight is 493 g/mol. The van der Waals surface area contributed by atoms with E-state index in [0.717, 1.165) is 13.0 Å². The standard InChI is InChI=1S/C23H26F2N4O4S/c24-21(25)23-27-26-22(33-23)19-8-6-17(7-9-19)15-29(20-4-2-1-3-5-20)34(31,32)13-12-28-11-10-18(14-28)16-30/h1-9,18,21,30H,10-16H2. The molecule has 0 saturated carbocycles. The number of rotatable bonds is 10. The number of anilines is 1. The quantitative estimate of drug-likeness (QED) is 0.463. The SMILES string of the molecule is O=S(=O)(CCN1CCC(CO)C1)N(Cc1ccc(-c2nnc(C(F)F)o2)cc1)c1ccccc1. The Morgan fingerprint density at radius 3 is 2.47 bits per heavy atom. The van der Waals surface area contributed by atoms with Gasteiger partial charge in [-0.1, -0.05) is 30.3 Å². The average Bonchev–Trinajstić information content (AvgIpc) is 3.52. The summed E-state index contributed by atoms with van der Waals surface area (Å²) in [4.78, 5) is 2.06. The molecule has 1 atom stereocenters. The van der Waals surface area contributed by atoms with E-state index in [1.165, 1.54) is 4.31 Å². The zero-order valence-electron chi connectivity index (χ0n) is 18.4. The topological polar surface area (TPSA) is 99.8 Å². The number of likely N-dealkylation sites (tertiary alicyclic amines) is 1. The van der Waals surface area contributed by atoms with Gasteiger partial charge in [0.2, 0.25) is 15.9 Å². The maximum atomic E-state index is 13.3. The van der Waals surface area contributed by atoms with Crippen molar-refractivity contribution in [3.8, 4) is 11.5 Å². The number of hydrogen-bond acceptors (Lipinski definition) is 7. The molecule has 1 fully saturated rings. The third-order valence-electron chi connectivity index (χ3n) is 5.83. The molecule has 2 aromatic carbocycles. The summed E-state index contributed by atoms with van der Waals surface area (Å²) in [5.41, 5.74) is 1.73. The molecule has 1 aliphatic rings. The van der Waals surface area contributed by atoms with Crippen LogP contribution in [-0.4, -0.2) is 60.6 Å². The van der Waals surface area contributed by atoms with Crippen LogP contribution < -0.4 is 4.31 Å². The lowest BCUT2D eigenvalue weighted by Gasteiger charge is -2.26. The number of aliphatic hydroxyl groups is 1. The molecule has 182 valence electrons. The highest BCUT2D eigenvalue weighted by Gasteiger charge is 2.27. The fourth-order valence-electron chi connectivity index (χ4n) is 3.92. The lowest BCUT2D eigenvalue weighted by atomic mass is 10.1. The molecule has 1 unspecified atom stereocenters. The first-order valence-electron chi connectivity index (χ1n) is 11.0. The Labute approximate surface area is 196 Å².